The van der Waals surface area contributed by atoms with E-state index in [0.29, 0.717) is 5.56 Å². The quantitative estimate of drug-likeness (QED) is 0.285. The molecule has 0 aliphatic carbocycles. The van der Waals surface area contributed by atoms with Crippen molar-refractivity contribution in [2.24, 2.45) is 0 Å². The second kappa shape index (κ2) is 2.69. The van der Waals surface area contributed by atoms with Gasteiger partial charge in [-0.15, -0.1) is 0 Å². The molecular weight excluding hydrogens is 160 g/mol. The van der Waals surface area contributed by atoms with E-state index >= 15 is 0 Å². The predicted octanol–water partition coefficient (Wildman–Crippen LogP) is 1.19. The zero-order chi connectivity index (χ0) is 9.30. The highest BCUT2D eigenvalue weighted by molar-refractivity contribution is 5.67. The van der Waals surface area contributed by atoms with Crippen LogP contribution in [0.4, 0.5) is 11.4 Å². The lowest BCUT2D eigenvalue weighted by Crippen LogP contribution is -1.96. The standard InChI is InChI=1S/C7H8N2O3/c1-4-2-5(9(11)12)7(8)6(10)3-4/h2-3,10H,8H2,1H3. The minimum absolute atomic E-state index is 0.189. The molecule has 0 atom stereocenters. The third kappa shape index (κ3) is 1.29. The van der Waals surface area contributed by atoms with Crippen LogP contribution >= 0.6 is 0 Å². The van der Waals surface area contributed by atoms with Gasteiger partial charge in [0.25, 0.3) is 5.69 Å². The number of nitrogens with two attached hydrogens (primary N) is 1. The van der Waals surface area contributed by atoms with Crippen LogP contribution in [0.25, 0.3) is 0 Å². The molecule has 0 fully saturated rings. The fraction of sp³-hybridized carbons (Fsp3) is 0.143. The summed E-state index contributed by atoms with van der Waals surface area (Å²) in [6, 6.07) is 2.69. The zero-order valence-corrected chi connectivity index (χ0v) is 6.44. The first-order chi connectivity index (χ1) is 5.52. The van der Waals surface area contributed by atoms with Gasteiger partial charge in [-0.05, 0) is 18.6 Å². The molecule has 0 saturated carbocycles. The van der Waals surface area contributed by atoms with E-state index in [-0.39, 0.29) is 17.1 Å². The van der Waals surface area contributed by atoms with Crippen molar-refractivity contribution in [3.8, 4) is 5.75 Å². The number of benzene rings is 1. The molecule has 0 bridgehead atoms. The average molecular weight is 168 g/mol. The maximum Gasteiger partial charge on any atom is 0.296 e. The second-order valence-electron chi connectivity index (χ2n) is 2.47. The average Bonchev–Trinajstić information content (AvgIpc) is 1.96. The number of aryl methyl sites for hydroxylation is 1. The van der Waals surface area contributed by atoms with E-state index in [2.05, 4.69) is 0 Å². The van der Waals surface area contributed by atoms with Crippen molar-refractivity contribution >= 4 is 11.4 Å². The maximum atomic E-state index is 10.3. The molecule has 64 valence electrons. The summed E-state index contributed by atoms with van der Waals surface area (Å²) in [5, 5.41) is 19.4. The molecule has 0 aliphatic heterocycles. The normalized spacial score (nSPS) is 9.75. The van der Waals surface area contributed by atoms with E-state index in [4.69, 9.17) is 10.8 Å². The minimum Gasteiger partial charge on any atom is -0.506 e. The number of phenolic OH excluding ortho intramolecular Hbond substituents is 1. The summed E-state index contributed by atoms with van der Waals surface area (Å²) in [5.41, 5.74) is 5.42. The Balaban J connectivity index is 3.37. The molecule has 0 heterocycles. The predicted molar refractivity (Wildman–Crippen MR) is 43.9 cm³/mol. The summed E-state index contributed by atoms with van der Waals surface area (Å²) in [5.74, 6) is -0.248. The Morgan fingerprint density at radius 3 is 2.67 bits per heavy atom. The van der Waals surface area contributed by atoms with Crippen molar-refractivity contribution < 1.29 is 10.0 Å². The number of rotatable bonds is 1. The van der Waals surface area contributed by atoms with Crippen LogP contribution in [0.5, 0.6) is 5.75 Å². The topological polar surface area (TPSA) is 89.4 Å². The first-order valence-corrected chi connectivity index (χ1v) is 3.26. The molecule has 3 N–H and O–H groups in total. The van der Waals surface area contributed by atoms with Gasteiger partial charge in [-0.2, -0.15) is 0 Å². The lowest BCUT2D eigenvalue weighted by molar-refractivity contribution is -0.384. The molecule has 0 aliphatic rings. The SMILES string of the molecule is Cc1cc(O)c(N)c([N+](=O)[O-])c1. The van der Waals surface area contributed by atoms with Crippen LogP contribution in [-0.4, -0.2) is 10.0 Å². The van der Waals surface area contributed by atoms with Gasteiger partial charge in [-0.25, -0.2) is 0 Å². The number of hydrogen-bond acceptors (Lipinski definition) is 4. The molecular formula is C7H8N2O3. The van der Waals surface area contributed by atoms with Crippen LogP contribution in [0.2, 0.25) is 0 Å². The van der Waals surface area contributed by atoms with Gasteiger partial charge in [0, 0.05) is 6.07 Å². The van der Waals surface area contributed by atoms with Crippen LogP contribution in [0, 0.1) is 17.0 Å². The molecule has 0 unspecified atom stereocenters. The van der Waals surface area contributed by atoms with E-state index in [0.717, 1.165) is 0 Å². The van der Waals surface area contributed by atoms with Crippen molar-refractivity contribution in [3.63, 3.8) is 0 Å². The van der Waals surface area contributed by atoms with Crippen LogP contribution in [0.15, 0.2) is 12.1 Å². The van der Waals surface area contributed by atoms with E-state index in [1.807, 2.05) is 0 Å². The van der Waals surface area contributed by atoms with E-state index in [1.165, 1.54) is 12.1 Å². The smallest absolute Gasteiger partial charge is 0.296 e. The second-order valence-corrected chi connectivity index (χ2v) is 2.47. The number of aromatic hydroxyl groups is 1. The largest absolute Gasteiger partial charge is 0.506 e. The lowest BCUT2D eigenvalue weighted by Gasteiger charge is -2.00. The number of anilines is 1. The number of nitrogen functional groups attached to an aromatic ring is 1. The van der Waals surface area contributed by atoms with Gasteiger partial charge in [-0.3, -0.25) is 10.1 Å². The van der Waals surface area contributed by atoms with Gasteiger partial charge >= 0.3 is 0 Å². The highest BCUT2D eigenvalue weighted by Crippen LogP contribution is 2.31. The van der Waals surface area contributed by atoms with Crippen molar-refractivity contribution in [2.45, 2.75) is 6.92 Å². The maximum absolute atomic E-state index is 10.3. The Bertz CT molecular complexity index is 336. The molecule has 12 heavy (non-hydrogen) atoms. The van der Waals surface area contributed by atoms with E-state index < -0.39 is 4.92 Å². The Kier molecular flexibility index (Phi) is 1.86. The number of nitro benzene ring substituents is 1. The summed E-state index contributed by atoms with van der Waals surface area (Å²) in [7, 11) is 0. The van der Waals surface area contributed by atoms with Gasteiger partial charge in [0.1, 0.15) is 5.75 Å². The summed E-state index contributed by atoms with van der Waals surface area (Å²) in [4.78, 5) is 9.72. The molecule has 5 heteroatoms. The molecule has 5 nitrogen and oxygen atoms in total. The van der Waals surface area contributed by atoms with Gasteiger partial charge in [0.2, 0.25) is 0 Å². The molecule has 1 rings (SSSR count). The lowest BCUT2D eigenvalue weighted by atomic mass is 10.2. The number of nitro groups is 1. The first kappa shape index (κ1) is 8.32. The Labute approximate surface area is 68.6 Å². The molecule has 0 radical (unpaired) electrons. The van der Waals surface area contributed by atoms with Crippen molar-refractivity contribution in [1.82, 2.24) is 0 Å². The Hall–Kier alpha value is -1.78. The highest BCUT2D eigenvalue weighted by Gasteiger charge is 2.14. The molecule has 1 aromatic carbocycles. The minimum atomic E-state index is -0.623. The summed E-state index contributed by atoms with van der Waals surface area (Å²) in [6.45, 7) is 1.64. The van der Waals surface area contributed by atoms with Crippen LogP contribution in [-0.2, 0) is 0 Å². The summed E-state index contributed by atoms with van der Waals surface area (Å²) >= 11 is 0. The van der Waals surface area contributed by atoms with Gasteiger partial charge in [-0.1, -0.05) is 0 Å². The van der Waals surface area contributed by atoms with Crippen LogP contribution < -0.4 is 5.73 Å². The van der Waals surface area contributed by atoms with Crippen molar-refractivity contribution in [3.05, 3.63) is 27.8 Å². The van der Waals surface area contributed by atoms with E-state index in [9.17, 15) is 10.1 Å². The first-order valence-electron chi connectivity index (χ1n) is 3.26. The summed E-state index contributed by atoms with van der Waals surface area (Å²) < 4.78 is 0. The highest BCUT2D eigenvalue weighted by atomic mass is 16.6. The van der Waals surface area contributed by atoms with Crippen molar-refractivity contribution in [2.75, 3.05) is 5.73 Å². The molecule has 0 amide bonds. The van der Waals surface area contributed by atoms with Crippen LogP contribution in [0.3, 0.4) is 0 Å². The fourth-order valence-electron chi connectivity index (χ4n) is 0.911. The zero-order valence-electron chi connectivity index (χ0n) is 6.44. The van der Waals surface area contributed by atoms with Gasteiger partial charge < -0.3 is 10.8 Å². The molecule has 0 aromatic heterocycles. The van der Waals surface area contributed by atoms with Crippen molar-refractivity contribution in [1.29, 1.82) is 0 Å². The fourth-order valence-corrected chi connectivity index (χ4v) is 0.911. The van der Waals surface area contributed by atoms with E-state index in [1.54, 1.807) is 6.92 Å². The molecule has 0 spiro atoms. The number of phenols is 1. The Morgan fingerprint density at radius 2 is 2.17 bits per heavy atom. The third-order valence-corrected chi connectivity index (χ3v) is 1.48. The molecule has 0 saturated heterocycles. The third-order valence-electron chi connectivity index (χ3n) is 1.48. The summed E-state index contributed by atoms with van der Waals surface area (Å²) in [6.07, 6.45) is 0. The van der Waals surface area contributed by atoms with Gasteiger partial charge in [0.15, 0.2) is 5.69 Å². The monoisotopic (exact) mass is 168 g/mol. The number of hydrogen-bond donors (Lipinski definition) is 2. The van der Waals surface area contributed by atoms with Gasteiger partial charge in [0.05, 0.1) is 4.92 Å². The molecule has 1 aromatic rings. The van der Waals surface area contributed by atoms with Crippen LogP contribution in [0.1, 0.15) is 5.56 Å². The Morgan fingerprint density at radius 1 is 1.58 bits per heavy atom. The number of nitrogens with zero attached hydrogens (tertiary/aromatic N) is 1.